The van der Waals surface area contributed by atoms with Gasteiger partial charge in [0, 0.05) is 38.3 Å². The average molecular weight is 534 g/mol. The molecular weight excluding hydrogens is 506 g/mol. The van der Waals surface area contributed by atoms with E-state index in [9.17, 15) is 14.4 Å². The molecule has 2 aromatic carbocycles. The molecule has 3 unspecified atom stereocenters. The molecule has 1 aliphatic heterocycles. The minimum atomic E-state index is -0.533. The van der Waals surface area contributed by atoms with Gasteiger partial charge in [0.05, 0.1) is 23.8 Å². The summed E-state index contributed by atoms with van der Waals surface area (Å²) in [6, 6.07) is 26.4. The van der Waals surface area contributed by atoms with Crippen LogP contribution in [0.5, 0.6) is 0 Å². The maximum Gasteiger partial charge on any atom is 0.332 e. The zero-order valence-corrected chi connectivity index (χ0v) is 22.1. The maximum atomic E-state index is 13.9. The topological polar surface area (TPSA) is 99.7 Å². The van der Waals surface area contributed by atoms with Crippen molar-refractivity contribution in [2.24, 2.45) is 25.0 Å². The summed E-state index contributed by atoms with van der Waals surface area (Å²) >= 11 is 0. The molecule has 6 rings (SSSR count). The zero-order chi connectivity index (χ0) is 27.8. The quantitative estimate of drug-likeness (QED) is 0.268. The van der Waals surface area contributed by atoms with Crippen LogP contribution in [-0.2, 0) is 14.1 Å². The van der Waals surface area contributed by atoms with Crippen molar-refractivity contribution in [1.82, 2.24) is 9.13 Å². The third kappa shape index (κ3) is 4.27. The lowest BCUT2D eigenvalue weighted by atomic mass is 9.67. The second kappa shape index (κ2) is 10.3. The van der Waals surface area contributed by atoms with Crippen LogP contribution in [0.2, 0.25) is 0 Å². The SMILES string of the molecule is Cn1c2c(c(=O)n(C)c1=O)C(c1ccccc1)C(C(CC(=O)c1ccco1)c1ccccc1)C(c1ccco1)=N2. The summed E-state index contributed by atoms with van der Waals surface area (Å²) in [5.74, 6) is -0.541. The third-order valence-electron chi connectivity index (χ3n) is 7.67. The Morgan fingerprint density at radius 1 is 0.850 bits per heavy atom. The molecule has 0 saturated carbocycles. The molecular formula is C32H27N3O5. The third-order valence-corrected chi connectivity index (χ3v) is 7.67. The Labute approximate surface area is 229 Å². The highest BCUT2D eigenvalue weighted by molar-refractivity contribution is 6.05. The van der Waals surface area contributed by atoms with Crippen LogP contribution in [0.25, 0.3) is 0 Å². The summed E-state index contributed by atoms with van der Waals surface area (Å²) < 4.78 is 13.9. The zero-order valence-electron chi connectivity index (χ0n) is 22.1. The van der Waals surface area contributed by atoms with Crippen LogP contribution in [0, 0.1) is 5.92 Å². The van der Waals surface area contributed by atoms with Gasteiger partial charge in [-0.3, -0.25) is 18.7 Å². The second-order valence-electron chi connectivity index (χ2n) is 9.95. The molecule has 0 N–H and O–H groups in total. The van der Waals surface area contributed by atoms with Gasteiger partial charge in [-0.2, -0.15) is 0 Å². The fourth-order valence-electron chi connectivity index (χ4n) is 5.78. The largest absolute Gasteiger partial charge is 0.463 e. The summed E-state index contributed by atoms with van der Waals surface area (Å²) in [6.07, 6.45) is 3.15. The van der Waals surface area contributed by atoms with Gasteiger partial charge in [-0.15, -0.1) is 0 Å². The lowest BCUT2D eigenvalue weighted by Crippen LogP contribution is -2.44. The molecule has 8 nitrogen and oxygen atoms in total. The number of aromatic nitrogens is 2. The van der Waals surface area contributed by atoms with Crippen molar-refractivity contribution in [3.8, 4) is 0 Å². The molecule has 5 aromatic rings. The van der Waals surface area contributed by atoms with Gasteiger partial charge in [-0.1, -0.05) is 60.7 Å². The molecule has 40 heavy (non-hydrogen) atoms. The normalized spacial score (nSPS) is 17.2. The molecule has 0 radical (unpaired) electrons. The van der Waals surface area contributed by atoms with E-state index in [4.69, 9.17) is 13.8 Å². The van der Waals surface area contributed by atoms with Crippen molar-refractivity contribution in [3.63, 3.8) is 0 Å². The van der Waals surface area contributed by atoms with Crippen molar-refractivity contribution < 1.29 is 13.6 Å². The number of fused-ring (bicyclic) bond motifs is 1. The summed E-state index contributed by atoms with van der Waals surface area (Å²) in [5.41, 5.74) is 1.87. The van der Waals surface area contributed by atoms with Gasteiger partial charge in [0.25, 0.3) is 5.56 Å². The Morgan fingerprint density at radius 3 is 2.17 bits per heavy atom. The van der Waals surface area contributed by atoms with Crippen molar-refractivity contribution >= 4 is 17.3 Å². The molecule has 0 spiro atoms. The first-order valence-electron chi connectivity index (χ1n) is 13.0. The first kappa shape index (κ1) is 25.3. The van der Waals surface area contributed by atoms with E-state index < -0.39 is 29.0 Å². The smallest absolute Gasteiger partial charge is 0.332 e. The Kier molecular flexibility index (Phi) is 6.51. The number of aliphatic imine (C=N–C) groups is 1. The highest BCUT2D eigenvalue weighted by Crippen LogP contribution is 2.48. The average Bonchev–Trinajstić information content (AvgIpc) is 3.73. The molecule has 0 amide bonds. The van der Waals surface area contributed by atoms with E-state index in [0.29, 0.717) is 17.0 Å². The number of rotatable bonds is 7. The molecule has 4 heterocycles. The van der Waals surface area contributed by atoms with Gasteiger partial charge in [0.2, 0.25) is 0 Å². The molecule has 0 saturated heterocycles. The summed E-state index contributed by atoms with van der Waals surface area (Å²) in [4.78, 5) is 45.4. The Bertz CT molecular complexity index is 1800. The number of hydrogen-bond donors (Lipinski definition) is 0. The van der Waals surface area contributed by atoms with Crippen molar-refractivity contribution in [2.75, 3.05) is 0 Å². The molecule has 200 valence electrons. The van der Waals surface area contributed by atoms with E-state index in [1.54, 1.807) is 31.5 Å². The van der Waals surface area contributed by atoms with Crippen LogP contribution in [0.3, 0.4) is 0 Å². The van der Waals surface area contributed by atoms with Crippen LogP contribution < -0.4 is 11.2 Å². The Hall–Kier alpha value is -4.98. The van der Waals surface area contributed by atoms with E-state index >= 15 is 0 Å². The van der Waals surface area contributed by atoms with Crippen LogP contribution in [-0.4, -0.2) is 20.6 Å². The Balaban J connectivity index is 1.67. The van der Waals surface area contributed by atoms with Gasteiger partial charge in [-0.25, -0.2) is 9.79 Å². The fraction of sp³-hybridized carbons (Fsp3) is 0.188. The number of hydrogen-bond acceptors (Lipinski definition) is 6. The van der Waals surface area contributed by atoms with Crippen molar-refractivity contribution in [1.29, 1.82) is 0 Å². The maximum absolute atomic E-state index is 13.9. The lowest BCUT2D eigenvalue weighted by Gasteiger charge is -2.38. The molecule has 0 bridgehead atoms. The van der Waals surface area contributed by atoms with E-state index in [1.165, 1.54) is 17.9 Å². The predicted octanol–water partition coefficient (Wildman–Crippen LogP) is 5.21. The molecule has 3 aromatic heterocycles. The van der Waals surface area contributed by atoms with Crippen molar-refractivity contribution in [2.45, 2.75) is 18.3 Å². The number of carbonyl (C=O) groups is 1. The first-order valence-corrected chi connectivity index (χ1v) is 13.0. The van der Waals surface area contributed by atoms with Crippen LogP contribution >= 0.6 is 0 Å². The minimum Gasteiger partial charge on any atom is -0.463 e. The van der Waals surface area contributed by atoms with Crippen LogP contribution in [0.15, 0.2) is 121 Å². The van der Waals surface area contributed by atoms with Gasteiger partial charge in [0.1, 0.15) is 11.6 Å². The van der Waals surface area contributed by atoms with E-state index in [-0.39, 0.29) is 23.8 Å². The fourth-order valence-corrected chi connectivity index (χ4v) is 5.78. The van der Waals surface area contributed by atoms with Crippen LogP contribution in [0.1, 0.15) is 51.3 Å². The van der Waals surface area contributed by atoms with Gasteiger partial charge < -0.3 is 8.83 Å². The Morgan fingerprint density at radius 2 is 1.52 bits per heavy atom. The summed E-state index contributed by atoms with van der Waals surface area (Å²) in [5, 5.41) is 0. The number of nitrogens with zero attached hydrogens (tertiary/aromatic N) is 3. The van der Waals surface area contributed by atoms with E-state index in [0.717, 1.165) is 15.7 Å². The highest BCUT2D eigenvalue weighted by Gasteiger charge is 2.44. The number of Topliss-reactive ketones (excluding diaryl/α,β-unsaturated/α-hetero) is 1. The number of furan rings is 2. The van der Waals surface area contributed by atoms with Gasteiger partial charge in [-0.05, 0) is 35.4 Å². The monoisotopic (exact) mass is 533 g/mol. The summed E-state index contributed by atoms with van der Waals surface area (Å²) in [6.45, 7) is 0. The molecule has 1 aliphatic rings. The van der Waals surface area contributed by atoms with Crippen molar-refractivity contribution in [3.05, 3.63) is 147 Å². The molecule has 3 atom stereocenters. The van der Waals surface area contributed by atoms with Crippen LogP contribution in [0.4, 0.5) is 5.82 Å². The molecule has 0 fully saturated rings. The van der Waals surface area contributed by atoms with Gasteiger partial charge >= 0.3 is 5.69 Å². The lowest BCUT2D eigenvalue weighted by molar-refractivity contribution is 0.0940. The standard InChI is InChI=1S/C32H27N3O5/c1-34-30-28(31(37)35(2)32(34)38)26(21-13-7-4-8-14-21)27(29(33-30)25-16-10-18-40-25)22(20-11-5-3-6-12-20)19-23(36)24-15-9-17-39-24/h3-18,22,26-27H,19H2,1-2H3. The number of carbonyl (C=O) groups excluding carboxylic acids is 1. The summed E-state index contributed by atoms with van der Waals surface area (Å²) in [7, 11) is 3.09. The predicted molar refractivity (Wildman–Crippen MR) is 150 cm³/mol. The highest BCUT2D eigenvalue weighted by atomic mass is 16.3. The number of benzene rings is 2. The van der Waals surface area contributed by atoms with E-state index in [1.807, 2.05) is 66.7 Å². The second-order valence-corrected chi connectivity index (χ2v) is 9.95. The number of ketones is 1. The first-order chi connectivity index (χ1) is 19.5. The van der Waals surface area contributed by atoms with E-state index in [2.05, 4.69) is 0 Å². The van der Waals surface area contributed by atoms with Gasteiger partial charge in [0.15, 0.2) is 11.5 Å². The molecule has 0 aliphatic carbocycles. The minimum absolute atomic E-state index is 0.104. The molecule has 8 heteroatoms.